The van der Waals surface area contributed by atoms with Crippen LogP contribution in [0.5, 0.6) is 11.5 Å². The maximum Gasteiger partial charge on any atom is 0.201 e. The van der Waals surface area contributed by atoms with Gasteiger partial charge in [0.15, 0.2) is 17.3 Å². The van der Waals surface area contributed by atoms with Gasteiger partial charge in [0.25, 0.3) is 0 Å². The number of benzene rings is 1. The van der Waals surface area contributed by atoms with Crippen molar-refractivity contribution in [3.05, 3.63) is 46.0 Å². The molecule has 0 saturated carbocycles. The van der Waals surface area contributed by atoms with Crippen LogP contribution >= 0.6 is 0 Å². The molecule has 0 N–H and O–H groups in total. The molecule has 0 amide bonds. The summed E-state index contributed by atoms with van der Waals surface area (Å²) < 4.78 is 17.3. The van der Waals surface area contributed by atoms with E-state index in [9.17, 15) is 9.70 Å². The van der Waals surface area contributed by atoms with Crippen LogP contribution in [0.1, 0.15) is 30.9 Å². The highest BCUT2D eigenvalue weighted by atomic mass is 16.7. The Kier molecular flexibility index (Phi) is 3.72. The maximum absolute atomic E-state index is 12.0. The van der Waals surface area contributed by atoms with Crippen molar-refractivity contribution in [2.45, 2.75) is 31.5 Å². The van der Waals surface area contributed by atoms with Crippen molar-refractivity contribution in [2.75, 3.05) is 13.7 Å². The van der Waals surface area contributed by atoms with Crippen molar-refractivity contribution >= 4 is 11.9 Å². The second kappa shape index (κ2) is 5.81. The molecule has 4 rings (SSSR count). The summed E-state index contributed by atoms with van der Waals surface area (Å²) in [4.78, 5) is 23.5. The van der Waals surface area contributed by atoms with E-state index in [2.05, 4.69) is 5.18 Å². The Morgan fingerprint density at radius 3 is 2.96 bits per heavy atom. The number of hydrogen-bond acceptors (Lipinski definition) is 6. The number of ketones is 1. The lowest BCUT2D eigenvalue weighted by Crippen LogP contribution is -2.48. The number of hydrogen-bond donors (Lipinski definition) is 0. The van der Waals surface area contributed by atoms with E-state index >= 15 is 0 Å². The van der Waals surface area contributed by atoms with Gasteiger partial charge in [0.1, 0.15) is 0 Å². The van der Waals surface area contributed by atoms with Gasteiger partial charge >= 0.3 is 0 Å². The van der Waals surface area contributed by atoms with Crippen LogP contribution < -0.4 is 9.47 Å². The lowest BCUT2D eigenvalue weighted by atomic mass is 9.58. The highest BCUT2D eigenvalue weighted by Gasteiger charge is 2.53. The Balaban J connectivity index is 2.01. The summed E-state index contributed by atoms with van der Waals surface area (Å²) in [5.41, 5.74) is 1.67. The van der Waals surface area contributed by atoms with Gasteiger partial charge in [-0.2, -0.15) is 0 Å². The summed E-state index contributed by atoms with van der Waals surface area (Å²) in [7, 11) is 1.59. The average Bonchev–Trinajstić information content (AvgIpc) is 2.62. The van der Waals surface area contributed by atoms with Crippen LogP contribution in [0.4, 0.5) is 0 Å². The van der Waals surface area contributed by atoms with Crippen LogP contribution in [0.15, 0.2) is 35.2 Å². The summed E-state index contributed by atoms with van der Waals surface area (Å²) >= 11 is 0. The Morgan fingerprint density at radius 2 is 2.24 bits per heavy atom. The predicted octanol–water partition coefficient (Wildman–Crippen LogP) is 3.34. The number of allylic oxidation sites excluding steroid dienone is 3. The van der Waals surface area contributed by atoms with Crippen LogP contribution in [0.25, 0.3) is 6.08 Å². The molecule has 2 aliphatic carbocycles. The molecule has 0 aromatic heterocycles. The van der Waals surface area contributed by atoms with E-state index in [1.54, 1.807) is 19.3 Å². The minimum atomic E-state index is -0.552. The zero-order valence-electron chi connectivity index (χ0n) is 14.2. The number of nitrogens with zero attached hydrogens (tertiary/aromatic N) is 1. The van der Waals surface area contributed by atoms with E-state index in [0.717, 1.165) is 11.1 Å². The van der Waals surface area contributed by atoms with Gasteiger partial charge in [0, 0.05) is 36.3 Å². The Labute approximate surface area is 145 Å². The number of nitroso groups, excluding NO2 is 1. The largest absolute Gasteiger partial charge is 0.493 e. The Hall–Kier alpha value is -2.47. The molecule has 1 spiro atoms. The summed E-state index contributed by atoms with van der Waals surface area (Å²) in [6.45, 7) is 2.40. The van der Waals surface area contributed by atoms with Crippen molar-refractivity contribution in [3.8, 4) is 11.5 Å². The predicted molar refractivity (Wildman–Crippen MR) is 91.4 cm³/mol. The normalized spacial score (nSPS) is 29.2. The van der Waals surface area contributed by atoms with E-state index in [1.165, 1.54) is 0 Å². The number of carbonyl (C=O) groups excluding carboxylic acids is 1. The molecule has 25 heavy (non-hydrogen) atoms. The molecule has 1 aliphatic heterocycles. The van der Waals surface area contributed by atoms with Crippen molar-refractivity contribution in [1.82, 2.24) is 0 Å². The van der Waals surface area contributed by atoms with Gasteiger partial charge in [-0.05, 0) is 35.9 Å². The molecule has 3 atom stereocenters. The molecule has 1 heterocycles. The molecule has 0 saturated heterocycles. The highest BCUT2D eigenvalue weighted by molar-refractivity contribution is 5.93. The molecule has 6 heteroatoms. The van der Waals surface area contributed by atoms with Crippen LogP contribution in [-0.4, -0.2) is 25.8 Å². The van der Waals surface area contributed by atoms with Gasteiger partial charge in [-0.15, -0.1) is 4.91 Å². The lowest BCUT2D eigenvalue weighted by molar-refractivity contribution is -0.120. The van der Waals surface area contributed by atoms with Crippen LogP contribution in [0.3, 0.4) is 0 Å². The Bertz CT molecular complexity index is 812. The second-order valence-electron chi connectivity index (χ2n) is 6.53. The first-order valence-electron chi connectivity index (χ1n) is 8.39. The van der Waals surface area contributed by atoms with Crippen molar-refractivity contribution < 1.29 is 19.0 Å². The maximum atomic E-state index is 12.0. The number of carbonyl (C=O) groups is 1. The van der Waals surface area contributed by atoms with Crippen LogP contribution in [-0.2, 0) is 14.9 Å². The van der Waals surface area contributed by atoms with Gasteiger partial charge in [-0.1, -0.05) is 12.1 Å². The molecule has 6 nitrogen and oxygen atoms in total. The molecule has 1 aromatic rings. The Morgan fingerprint density at radius 1 is 1.40 bits per heavy atom. The van der Waals surface area contributed by atoms with Crippen molar-refractivity contribution in [3.63, 3.8) is 0 Å². The quantitative estimate of drug-likeness (QED) is 0.785. The third-order valence-electron chi connectivity index (χ3n) is 5.31. The van der Waals surface area contributed by atoms with E-state index in [1.807, 2.05) is 25.1 Å². The third kappa shape index (κ3) is 2.24. The van der Waals surface area contributed by atoms with Crippen molar-refractivity contribution in [2.24, 2.45) is 11.1 Å². The number of rotatable bonds is 4. The van der Waals surface area contributed by atoms with Crippen molar-refractivity contribution in [1.29, 1.82) is 0 Å². The van der Waals surface area contributed by atoms with Gasteiger partial charge in [0.05, 0.1) is 12.8 Å². The molecule has 0 unspecified atom stereocenters. The summed E-state index contributed by atoms with van der Waals surface area (Å²) in [5.74, 6) is 0.919. The fourth-order valence-corrected chi connectivity index (χ4v) is 4.28. The first kappa shape index (κ1) is 16.0. The second-order valence-corrected chi connectivity index (χ2v) is 6.53. The molecule has 3 aliphatic rings. The minimum Gasteiger partial charge on any atom is -0.493 e. The average molecular weight is 341 g/mol. The highest BCUT2D eigenvalue weighted by Crippen LogP contribution is 2.58. The topological polar surface area (TPSA) is 74.2 Å². The van der Waals surface area contributed by atoms with E-state index in [4.69, 9.17) is 14.2 Å². The van der Waals surface area contributed by atoms with E-state index in [0.29, 0.717) is 30.2 Å². The first-order valence-corrected chi connectivity index (χ1v) is 8.39. The number of methoxy groups -OCH3 is 1. The zero-order chi connectivity index (χ0) is 17.6. The molecule has 0 radical (unpaired) electrons. The SMILES string of the molecule is CCO[C@H]1C[C@]23C=CC(=O)C[C@H]2C(N=O)=Cc2ccc(OC)c(c23)O1. The van der Waals surface area contributed by atoms with Gasteiger partial charge in [-0.3, -0.25) is 4.79 Å². The minimum absolute atomic E-state index is 0.00229. The molecular weight excluding hydrogens is 322 g/mol. The summed E-state index contributed by atoms with van der Waals surface area (Å²) in [5, 5.41) is 3.24. The molecule has 0 bridgehead atoms. The molecule has 130 valence electrons. The monoisotopic (exact) mass is 341 g/mol. The third-order valence-corrected chi connectivity index (χ3v) is 5.31. The first-order chi connectivity index (χ1) is 12.1. The van der Waals surface area contributed by atoms with Gasteiger partial charge in [0.2, 0.25) is 6.29 Å². The standard InChI is InChI=1S/C19H19NO5/c1-3-24-16-10-19-7-6-12(21)9-13(19)14(20-22)8-11-4-5-15(23-2)18(25-16)17(11)19/h4-8,13,16H,3,9-10H2,1-2H3/t13-,16+,19+/m0/s1. The molecule has 0 fully saturated rings. The van der Waals surface area contributed by atoms with Gasteiger partial charge < -0.3 is 14.2 Å². The summed E-state index contributed by atoms with van der Waals surface area (Å²) in [6, 6.07) is 3.71. The summed E-state index contributed by atoms with van der Waals surface area (Å²) in [6.07, 6.45) is 5.56. The zero-order valence-corrected chi connectivity index (χ0v) is 14.2. The smallest absolute Gasteiger partial charge is 0.201 e. The fourth-order valence-electron chi connectivity index (χ4n) is 4.28. The molecule has 1 aromatic carbocycles. The lowest BCUT2D eigenvalue weighted by Gasteiger charge is -2.48. The van der Waals surface area contributed by atoms with E-state index < -0.39 is 11.7 Å². The van der Waals surface area contributed by atoms with Crippen LogP contribution in [0.2, 0.25) is 0 Å². The van der Waals surface area contributed by atoms with Gasteiger partial charge in [-0.25, -0.2) is 0 Å². The van der Waals surface area contributed by atoms with E-state index in [-0.39, 0.29) is 18.1 Å². The van der Waals surface area contributed by atoms with Crippen LogP contribution in [0, 0.1) is 10.8 Å². The fraction of sp³-hybridized carbons (Fsp3) is 0.421. The molecular formula is C19H19NO5. The number of ether oxygens (including phenoxy) is 3.